The second-order valence-electron chi connectivity index (χ2n) is 5.69. The summed E-state index contributed by atoms with van der Waals surface area (Å²) in [5.74, 6) is -0.203. The minimum absolute atomic E-state index is 0.0548. The van der Waals surface area contributed by atoms with Crippen LogP contribution in [0.2, 0.25) is 0 Å². The average Bonchev–Trinajstić information content (AvgIpc) is 2.54. The topological polar surface area (TPSA) is 57.7 Å². The number of hydrogen-bond donors (Lipinski definition) is 0. The molecule has 1 amide bonds. The minimum atomic E-state index is -3.20. The Kier molecular flexibility index (Phi) is 6.12. The molecular weight excluding hydrogens is 319 g/mol. The van der Waals surface area contributed by atoms with Gasteiger partial charge in [0.25, 0.3) is 0 Å². The van der Waals surface area contributed by atoms with Gasteiger partial charge in [-0.05, 0) is 24.5 Å². The SMILES string of the molecule is CCCS(=O)(=O)N1CCN(C(=O)CCc2ccccc2F)CC1. The van der Waals surface area contributed by atoms with Crippen molar-refractivity contribution >= 4 is 15.9 Å². The number of benzene rings is 1. The monoisotopic (exact) mass is 342 g/mol. The molecule has 1 fully saturated rings. The van der Waals surface area contributed by atoms with Crippen LogP contribution in [0.25, 0.3) is 0 Å². The molecule has 5 nitrogen and oxygen atoms in total. The third kappa shape index (κ3) is 4.75. The lowest BCUT2D eigenvalue weighted by atomic mass is 10.1. The van der Waals surface area contributed by atoms with Crippen molar-refractivity contribution in [2.45, 2.75) is 26.2 Å². The number of sulfonamides is 1. The first-order valence-corrected chi connectivity index (χ1v) is 9.54. The van der Waals surface area contributed by atoms with Crippen LogP contribution in [-0.2, 0) is 21.2 Å². The van der Waals surface area contributed by atoms with Crippen LogP contribution in [0.3, 0.4) is 0 Å². The molecule has 0 N–H and O–H groups in total. The van der Waals surface area contributed by atoms with Gasteiger partial charge in [-0.2, -0.15) is 4.31 Å². The van der Waals surface area contributed by atoms with E-state index in [2.05, 4.69) is 0 Å². The van der Waals surface area contributed by atoms with Crippen LogP contribution in [-0.4, -0.2) is 55.5 Å². The number of hydrogen-bond acceptors (Lipinski definition) is 3. The quantitative estimate of drug-likeness (QED) is 0.790. The molecule has 1 aliphatic heterocycles. The van der Waals surface area contributed by atoms with Crippen molar-refractivity contribution in [3.05, 3.63) is 35.6 Å². The fourth-order valence-electron chi connectivity index (χ4n) is 2.70. The summed E-state index contributed by atoms with van der Waals surface area (Å²) in [7, 11) is -3.20. The molecule has 0 atom stereocenters. The summed E-state index contributed by atoms with van der Waals surface area (Å²) in [6, 6.07) is 6.44. The van der Waals surface area contributed by atoms with Gasteiger partial charge in [0.05, 0.1) is 5.75 Å². The largest absolute Gasteiger partial charge is 0.340 e. The third-order valence-corrected chi connectivity index (χ3v) is 6.09. The molecule has 1 saturated heterocycles. The second kappa shape index (κ2) is 7.88. The van der Waals surface area contributed by atoms with Crippen LogP contribution in [0.5, 0.6) is 0 Å². The van der Waals surface area contributed by atoms with Gasteiger partial charge in [-0.3, -0.25) is 4.79 Å². The van der Waals surface area contributed by atoms with E-state index in [1.54, 1.807) is 23.1 Å². The molecule has 0 spiro atoms. The molecule has 0 aliphatic carbocycles. The van der Waals surface area contributed by atoms with Gasteiger partial charge in [0, 0.05) is 32.6 Å². The second-order valence-corrected chi connectivity index (χ2v) is 7.78. The van der Waals surface area contributed by atoms with E-state index in [9.17, 15) is 17.6 Å². The first kappa shape index (κ1) is 17.9. The number of halogens is 1. The zero-order chi connectivity index (χ0) is 16.9. The molecule has 0 aromatic heterocycles. The Morgan fingerprint density at radius 3 is 2.43 bits per heavy atom. The van der Waals surface area contributed by atoms with Crippen LogP contribution in [0, 0.1) is 5.82 Å². The van der Waals surface area contributed by atoms with Gasteiger partial charge >= 0.3 is 0 Å². The maximum Gasteiger partial charge on any atom is 0.222 e. The Morgan fingerprint density at radius 1 is 1.17 bits per heavy atom. The van der Waals surface area contributed by atoms with Crippen molar-refractivity contribution in [3.63, 3.8) is 0 Å². The predicted molar refractivity (Wildman–Crippen MR) is 87.0 cm³/mol. The van der Waals surface area contributed by atoms with Gasteiger partial charge in [0.15, 0.2) is 0 Å². The summed E-state index contributed by atoms with van der Waals surface area (Å²) < 4.78 is 39.0. The fourth-order valence-corrected chi connectivity index (χ4v) is 4.20. The van der Waals surface area contributed by atoms with Gasteiger partial charge in [0.2, 0.25) is 15.9 Å². The highest BCUT2D eigenvalue weighted by atomic mass is 32.2. The Bertz CT molecular complexity index is 640. The number of nitrogens with zero attached hydrogens (tertiary/aromatic N) is 2. The van der Waals surface area contributed by atoms with Gasteiger partial charge in [-0.1, -0.05) is 25.1 Å². The van der Waals surface area contributed by atoms with Crippen molar-refractivity contribution in [1.29, 1.82) is 0 Å². The molecule has 1 aliphatic rings. The molecule has 23 heavy (non-hydrogen) atoms. The minimum Gasteiger partial charge on any atom is -0.340 e. The highest BCUT2D eigenvalue weighted by Gasteiger charge is 2.27. The van der Waals surface area contributed by atoms with Crippen LogP contribution in [0.4, 0.5) is 4.39 Å². The van der Waals surface area contributed by atoms with E-state index in [4.69, 9.17) is 0 Å². The maximum absolute atomic E-state index is 13.5. The third-order valence-electron chi connectivity index (χ3n) is 4.01. The van der Waals surface area contributed by atoms with Crippen molar-refractivity contribution in [3.8, 4) is 0 Å². The summed E-state index contributed by atoms with van der Waals surface area (Å²) in [5.41, 5.74) is 0.532. The number of amides is 1. The summed E-state index contributed by atoms with van der Waals surface area (Å²) >= 11 is 0. The van der Waals surface area contributed by atoms with E-state index in [0.717, 1.165) is 0 Å². The average molecular weight is 342 g/mol. The van der Waals surface area contributed by atoms with Crippen LogP contribution in [0.1, 0.15) is 25.3 Å². The molecule has 1 aromatic carbocycles. The van der Waals surface area contributed by atoms with Crippen LogP contribution >= 0.6 is 0 Å². The lowest BCUT2D eigenvalue weighted by Crippen LogP contribution is -2.51. The smallest absolute Gasteiger partial charge is 0.222 e. The zero-order valence-corrected chi connectivity index (χ0v) is 14.2. The Hall–Kier alpha value is -1.47. The number of carbonyl (C=O) groups is 1. The fraction of sp³-hybridized carbons (Fsp3) is 0.562. The van der Waals surface area contributed by atoms with Gasteiger partial charge in [0.1, 0.15) is 5.82 Å². The highest BCUT2D eigenvalue weighted by Crippen LogP contribution is 2.13. The van der Waals surface area contributed by atoms with Crippen molar-refractivity contribution < 1.29 is 17.6 Å². The van der Waals surface area contributed by atoms with Gasteiger partial charge < -0.3 is 4.90 Å². The van der Waals surface area contributed by atoms with Gasteiger partial charge in [-0.15, -0.1) is 0 Å². The normalized spacial score (nSPS) is 16.5. The Balaban J connectivity index is 1.83. The summed E-state index contributed by atoms with van der Waals surface area (Å²) in [6.07, 6.45) is 1.19. The molecule has 128 valence electrons. The van der Waals surface area contributed by atoms with E-state index in [1.165, 1.54) is 10.4 Å². The predicted octanol–water partition coefficient (Wildman–Crippen LogP) is 1.64. The van der Waals surface area contributed by atoms with Crippen molar-refractivity contribution in [1.82, 2.24) is 9.21 Å². The van der Waals surface area contributed by atoms with Gasteiger partial charge in [-0.25, -0.2) is 12.8 Å². The molecule has 2 rings (SSSR count). The Labute approximate surface area is 137 Å². The number of carbonyl (C=O) groups excluding carboxylic acids is 1. The van der Waals surface area contributed by atoms with E-state index >= 15 is 0 Å². The van der Waals surface area contributed by atoms with Crippen molar-refractivity contribution in [2.24, 2.45) is 0 Å². The lowest BCUT2D eigenvalue weighted by Gasteiger charge is -2.34. The Morgan fingerprint density at radius 2 is 1.83 bits per heavy atom. The molecule has 0 radical (unpaired) electrons. The number of rotatable bonds is 6. The number of aryl methyl sites for hydroxylation is 1. The summed E-state index contributed by atoms with van der Waals surface area (Å²) in [6.45, 7) is 3.32. The molecule has 0 saturated carbocycles. The van der Waals surface area contributed by atoms with Crippen LogP contribution in [0.15, 0.2) is 24.3 Å². The van der Waals surface area contributed by atoms with E-state index in [-0.39, 0.29) is 23.9 Å². The van der Waals surface area contributed by atoms with Crippen LogP contribution < -0.4 is 0 Å². The molecule has 0 bridgehead atoms. The molecule has 0 unspecified atom stereocenters. The maximum atomic E-state index is 13.5. The zero-order valence-electron chi connectivity index (χ0n) is 13.4. The first-order valence-electron chi connectivity index (χ1n) is 7.93. The molecular formula is C16H23FN2O3S. The van der Waals surface area contributed by atoms with Crippen molar-refractivity contribution in [2.75, 3.05) is 31.9 Å². The van der Waals surface area contributed by atoms with E-state index in [0.29, 0.717) is 44.6 Å². The highest BCUT2D eigenvalue weighted by molar-refractivity contribution is 7.89. The summed E-state index contributed by atoms with van der Waals surface area (Å²) in [5, 5.41) is 0. The summed E-state index contributed by atoms with van der Waals surface area (Å²) in [4.78, 5) is 13.9. The standard InChI is InChI=1S/C16H23FN2O3S/c1-2-13-23(21,22)19-11-9-18(10-12-19)16(20)8-7-14-5-3-4-6-15(14)17/h3-6H,2,7-13H2,1H3. The molecule has 7 heteroatoms. The molecule has 1 aromatic rings. The lowest BCUT2D eigenvalue weighted by molar-refractivity contribution is -0.132. The molecule has 1 heterocycles. The first-order chi connectivity index (χ1) is 10.9. The van der Waals surface area contributed by atoms with E-state index < -0.39 is 10.0 Å². The number of piperazine rings is 1. The van der Waals surface area contributed by atoms with E-state index in [1.807, 2.05) is 6.92 Å².